The maximum absolute atomic E-state index is 9.87. The van der Waals surface area contributed by atoms with Crippen LogP contribution in [0.25, 0.3) is 0 Å². The van der Waals surface area contributed by atoms with Crippen LogP contribution in [0.4, 0.5) is 0 Å². The van der Waals surface area contributed by atoms with E-state index in [1.165, 1.54) is 4.90 Å². The second-order valence-electron chi connectivity index (χ2n) is 1.54. The lowest BCUT2D eigenvalue weighted by Gasteiger charge is -2.05. The van der Waals surface area contributed by atoms with Crippen molar-refractivity contribution in [2.75, 3.05) is 13.6 Å². The van der Waals surface area contributed by atoms with Crippen molar-refractivity contribution in [2.24, 2.45) is 0 Å². The summed E-state index contributed by atoms with van der Waals surface area (Å²) in [6.45, 7) is 0.653. The lowest BCUT2D eigenvalue weighted by Crippen LogP contribution is -2.16. The van der Waals surface area contributed by atoms with Crippen molar-refractivity contribution in [3.8, 4) is 12.3 Å². The predicted octanol–water partition coefficient (Wildman–Crippen LogP) is 0.0979. The Balaban J connectivity index is 3.13. The summed E-state index contributed by atoms with van der Waals surface area (Å²) < 4.78 is 0. The Morgan fingerprint density at radius 2 is 2.50 bits per heavy atom. The van der Waals surface area contributed by atoms with Gasteiger partial charge in [0.05, 0.1) is 0 Å². The number of terminal acetylenes is 1. The summed E-state index contributed by atoms with van der Waals surface area (Å²) in [6, 6.07) is 0. The van der Waals surface area contributed by atoms with Crippen molar-refractivity contribution in [3.05, 3.63) is 0 Å². The van der Waals surface area contributed by atoms with E-state index in [0.29, 0.717) is 13.0 Å². The van der Waals surface area contributed by atoms with Crippen LogP contribution in [0, 0.1) is 12.3 Å². The van der Waals surface area contributed by atoms with E-state index < -0.39 is 0 Å². The molecule has 0 aromatic carbocycles. The molecule has 0 atom stereocenters. The van der Waals surface area contributed by atoms with Gasteiger partial charge in [0, 0.05) is 20.0 Å². The molecule has 0 N–H and O–H groups in total. The zero-order chi connectivity index (χ0) is 6.41. The van der Waals surface area contributed by atoms with E-state index in [9.17, 15) is 4.79 Å². The normalized spacial score (nSPS) is 7.50. The average molecular weight is 111 g/mol. The summed E-state index contributed by atoms with van der Waals surface area (Å²) in [7, 11) is 1.70. The highest BCUT2D eigenvalue weighted by atomic mass is 16.1. The van der Waals surface area contributed by atoms with Crippen molar-refractivity contribution in [2.45, 2.75) is 6.42 Å². The van der Waals surface area contributed by atoms with Gasteiger partial charge in [-0.1, -0.05) is 0 Å². The van der Waals surface area contributed by atoms with E-state index in [4.69, 9.17) is 6.42 Å². The first kappa shape index (κ1) is 7.03. The van der Waals surface area contributed by atoms with Crippen molar-refractivity contribution in [1.82, 2.24) is 4.90 Å². The summed E-state index contributed by atoms with van der Waals surface area (Å²) in [5.74, 6) is 2.43. The Kier molecular flexibility index (Phi) is 3.69. The molecule has 1 amide bonds. The first-order valence-electron chi connectivity index (χ1n) is 2.40. The Labute approximate surface area is 49.5 Å². The number of nitrogens with zero attached hydrogens (tertiary/aromatic N) is 1. The SMILES string of the molecule is C#CCCN(C)C=O. The Hall–Kier alpha value is -0.970. The molecule has 2 heteroatoms. The highest BCUT2D eigenvalue weighted by Gasteiger charge is 1.86. The number of carbonyl (C=O) groups excluding carboxylic acids is 1. The minimum absolute atomic E-state index is 0.634. The zero-order valence-corrected chi connectivity index (χ0v) is 4.92. The molecule has 0 spiro atoms. The summed E-state index contributed by atoms with van der Waals surface area (Å²) >= 11 is 0. The third-order valence-electron chi connectivity index (χ3n) is 0.789. The van der Waals surface area contributed by atoms with Gasteiger partial charge in [-0.25, -0.2) is 0 Å². The molecular formula is C6H9NO. The minimum atomic E-state index is 0.634. The molecule has 8 heavy (non-hydrogen) atoms. The smallest absolute Gasteiger partial charge is 0.209 e. The predicted molar refractivity (Wildman–Crippen MR) is 32.1 cm³/mol. The van der Waals surface area contributed by atoms with Gasteiger partial charge in [0.15, 0.2) is 0 Å². The van der Waals surface area contributed by atoms with Gasteiger partial charge < -0.3 is 4.90 Å². The molecule has 0 aromatic rings. The molecule has 44 valence electrons. The van der Waals surface area contributed by atoms with Gasteiger partial charge in [-0.15, -0.1) is 12.3 Å². The van der Waals surface area contributed by atoms with Crippen molar-refractivity contribution in [1.29, 1.82) is 0 Å². The molecule has 0 radical (unpaired) electrons. The molecule has 0 aliphatic heterocycles. The molecular weight excluding hydrogens is 102 g/mol. The van der Waals surface area contributed by atoms with Crippen LogP contribution >= 0.6 is 0 Å². The highest BCUT2D eigenvalue weighted by molar-refractivity contribution is 5.46. The Morgan fingerprint density at radius 1 is 1.88 bits per heavy atom. The molecule has 0 unspecified atom stereocenters. The summed E-state index contributed by atoms with van der Waals surface area (Å²) in [6.07, 6.45) is 6.33. The molecule has 2 nitrogen and oxygen atoms in total. The lowest BCUT2D eigenvalue weighted by molar-refractivity contribution is -0.116. The van der Waals surface area contributed by atoms with E-state index in [2.05, 4.69) is 5.92 Å². The van der Waals surface area contributed by atoms with Crippen LogP contribution in [0.5, 0.6) is 0 Å². The average Bonchev–Trinajstić information content (AvgIpc) is 1.83. The van der Waals surface area contributed by atoms with Crippen molar-refractivity contribution in [3.63, 3.8) is 0 Å². The molecule has 0 rings (SSSR count). The van der Waals surface area contributed by atoms with E-state index in [1.54, 1.807) is 7.05 Å². The van der Waals surface area contributed by atoms with Gasteiger partial charge in [0.1, 0.15) is 0 Å². The van der Waals surface area contributed by atoms with Crippen LogP contribution in [-0.2, 0) is 4.79 Å². The molecule has 0 bridgehead atoms. The summed E-state index contributed by atoms with van der Waals surface area (Å²) in [5, 5.41) is 0. The Bertz CT molecular complexity index is 104. The largest absolute Gasteiger partial charge is 0.347 e. The third-order valence-corrected chi connectivity index (χ3v) is 0.789. The van der Waals surface area contributed by atoms with Crippen LogP contribution in [0.3, 0.4) is 0 Å². The first-order valence-corrected chi connectivity index (χ1v) is 2.40. The fourth-order valence-electron chi connectivity index (χ4n) is 0.294. The fourth-order valence-corrected chi connectivity index (χ4v) is 0.294. The van der Waals surface area contributed by atoms with Crippen molar-refractivity contribution >= 4 is 6.41 Å². The van der Waals surface area contributed by atoms with E-state index in [-0.39, 0.29) is 0 Å². The second-order valence-corrected chi connectivity index (χ2v) is 1.54. The number of hydrogen-bond donors (Lipinski definition) is 0. The van der Waals surface area contributed by atoms with E-state index in [1.807, 2.05) is 0 Å². The van der Waals surface area contributed by atoms with Gasteiger partial charge in [-0.05, 0) is 0 Å². The molecule has 0 saturated heterocycles. The molecule has 0 saturated carbocycles. The topological polar surface area (TPSA) is 20.3 Å². The van der Waals surface area contributed by atoms with Crippen LogP contribution in [-0.4, -0.2) is 24.9 Å². The number of rotatable bonds is 3. The van der Waals surface area contributed by atoms with Gasteiger partial charge in [-0.3, -0.25) is 4.79 Å². The number of carbonyl (C=O) groups is 1. The number of amides is 1. The van der Waals surface area contributed by atoms with Crippen LogP contribution in [0.15, 0.2) is 0 Å². The first-order chi connectivity index (χ1) is 3.81. The molecule has 0 heterocycles. The van der Waals surface area contributed by atoms with Gasteiger partial charge in [0.2, 0.25) is 6.41 Å². The molecule has 0 aromatic heterocycles. The van der Waals surface area contributed by atoms with E-state index >= 15 is 0 Å². The number of hydrogen-bond acceptors (Lipinski definition) is 1. The van der Waals surface area contributed by atoms with Crippen molar-refractivity contribution < 1.29 is 4.79 Å². The maximum atomic E-state index is 9.87. The van der Waals surface area contributed by atoms with Crippen LogP contribution in [0.2, 0.25) is 0 Å². The molecule has 0 aliphatic carbocycles. The van der Waals surface area contributed by atoms with Crippen LogP contribution < -0.4 is 0 Å². The molecule has 0 aliphatic rings. The maximum Gasteiger partial charge on any atom is 0.209 e. The van der Waals surface area contributed by atoms with E-state index in [0.717, 1.165) is 6.41 Å². The second kappa shape index (κ2) is 4.20. The van der Waals surface area contributed by atoms with Crippen LogP contribution in [0.1, 0.15) is 6.42 Å². The Morgan fingerprint density at radius 3 is 2.88 bits per heavy atom. The standard InChI is InChI=1S/C6H9NO/c1-3-4-5-7(2)6-8/h1,6H,4-5H2,2H3. The summed E-state index contributed by atoms with van der Waals surface area (Å²) in [5.41, 5.74) is 0. The van der Waals surface area contributed by atoms with Gasteiger partial charge in [0.25, 0.3) is 0 Å². The van der Waals surface area contributed by atoms with Gasteiger partial charge >= 0.3 is 0 Å². The summed E-state index contributed by atoms with van der Waals surface area (Å²) in [4.78, 5) is 11.4. The van der Waals surface area contributed by atoms with Gasteiger partial charge in [-0.2, -0.15) is 0 Å². The minimum Gasteiger partial charge on any atom is -0.347 e. The highest BCUT2D eigenvalue weighted by Crippen LogP contribution is 1.78. The molecule has 0 fully saturated rings. The monoisotopic (exact) mass is 111 g/mol. The fraction of sp³-hybridized carbons (Fsp3) is 0.500. The lowest BCUT2D eigenvalue weighted by atomic mass is 10.4. The third kappa shape index (κ3) is 3.23. The quantitative estimate of drug-likeness (QED) is 0.373. The zero-order valence-electron chi connectivity index (χ0n) is 4.92.